The first kappa shape index (κ1) is 14.9. The average molecular weight is 273 g/mol. The number of anilines is 2. The second-order valence-electron chi connectivity index (χ2n) is 3.81. The second-order valence-corrected chi connectivity index (χ2v) is 4.15. The number of nitrogens with zero attached hydrogens (tertiary/aromatic N) is 4. The van der Waals surface area contributed by atoms with E-state index < -0.39 is 0 Å². The minimum Gasteiger partial charge on any atom is -0.357 e. The molecule has 0 aromatic carbocycles. The molecule has 2 N–H and O–H groups in total. The van der Waals surface area contributed by atoms with Crippen LogP contribution in [-0.4, -0.2) is 53.1 Å². The van der Waals surface area contributed by atoms with Crippen molar-refractivity contribution in [2.24, 2.45) is 0 Å². The van der Waals surface area contributed by atoms with Crippen molar-refractivity contribution in [3.63, 3.8) is 0 Å². The van der Waals surface area contributed by atoms with Gasteiger partial charge in [0.05, 0.1) is 0 Å². The summed E-state index contributed by atoms with van der Waals surface area (Å²) < 4.78 is 0. The van der Waals surface area contributed by atoms with Crippen LogP contribution in [0.2, 0.25) is 5.28 Å². The summed E-state index contributed by atoms with van der Waals surface area (Å²) in [4.78, 5) is 14.5. The van der Waals surface area contributed by atoms with E-state index in [1.807, 2.05) is 0 Å². The Labute approximate surface area is 113 Å². The largest absolute Gasteiger partial charge is 0.357 e. The molecule has 0 unspecified atom stereocenters. The lowest BCUT2D eigenvalue weighted by molar-refractivity contribution is 0.303. The molecule has 1 aromatic heterocycles. The molecule has 102 valence electrons. The number of rotatable bonds is 8. The molecule has 1 aromatic rings. The molecule has 0 atom stereocenters. The molecule has 0 aliphatic heterocycles. The molecular weight excluding hydrogens is 252 g/mol. The first-order valence-electron chi connectivity index (χ1n) is 6.25. The minimum absolute atomic E-state index is 0.195. The van der Waals surface area contributed by atoms with Crippen molar-refractivity contribution in [1.82, 2.24) is 19.9 Å². The van der Waals surface area contributed by atoms with Gasteiger partial charge >= 0.3 is 0 Å². The molecule has 0 fully saturated rings. The monoisotopic (exact) mass is 272 g/mol. The SMILES string of the molecule is CCN(CC)CCCNc1nc(Cl)nc(NC)n1. The van der Waals surface area contributed by atoms with Crippen LogP contribution < -0.4 is 10.6 Å². The fraction of sp³-hybridized carbons (Fsp3) is 0.727. The molecule has 1 heterocycles. The highest BCUT2D eigenvalue weighted by Crippen LogP contribution is 2.08. The number of hydrogen-bond donors (Lipinski definition) is 2. The van der Waals surface area contributed by atoms with Gasteiger partial charge in [-0.15, -0.1) is 0 Å². The lowest BCUT2D eigenvalue weighted by Crippen LogP contribution is -2.25. The van der Waals surface area contributed by atoms with Crippen molar-refractivity contribution < 1.29 is 0 Å². The van der Waals surface area contributed by atoms with E-state index >= 15 is 0 Å². The molecule has 0 radical (unpaired) electrons. The normalized spacial score (nSPS) is 10.7. The summed E-state index contributed by atoms with van der Waals surface area (Å²) in [5.74, 6) is 0.986. The first-order chi connectivity index (χ1) is 8.69. The smallest absolute Gasteiger partial charge is 0.228 e. The lowest BCUT2D eigenvalue weighted by atomic mass is 10.3. The molecule has 0 spiro atoms. The first-order valence-corrected chi connectivity index (χ1v) is 6.63. The van der Waals surface area contributed by atoms with Crippen LogP contribution in [0.15, 0.2) is 0 Å². The van der Waals surface area contributed by atoms with Crippen LogP contribution in [0, 0.1) is 0 Å². The predicted octanol–water partition coefficient (Wildman–Crippen LogP) is 1.71. The molecule has 7 heteroatoms. The van der Waals surface area contributed by atoms with Gasteiger partial charge in [-0.3, -0.25) is 0 Å². The number of aromatic nitrogens is 3. The lowest BCUT2D eigenvalue weighted by Gasteiger charge is -2.17. The van der Waals surface area contributed by atoms with Crippen molar-refractivity contribution in [2.75, 3.05) is 43.9 Å². The van der Waals surface area contributed by atoms with Crippen molar-refractivity contribution in [3.8, 4) is 0 Å². The summed E-state index contributed by atoms with van der Waals surface area (Å²) in [5.41, 5.74) is 0. The van der Waals surface area contributed by atoms with E-state index in [1.54, 1.807) is 7.05 Å². The summed E-state index contributed by atoms with van der Waals surface area (Å²) >= 11 is 5.79. The molecule has 0 saturated heterocycles. The van der Waals surface area contributed by atoms with Gasteiger partial charge < -0.3 is 15.5 Å². The van der Waals surface area contributed by atoms with E-state index in [-0.39, 0.29) is 5.28 Å². The van der Waals surface area contributed by atoms with E-state index in [4.69, 9.17) is 11.6 Å². The molecular formula is C11H21ClN6. The van der Waals surface area contributed by atoms with Crippen LogP contribution in [0.5, 0.6) is 0 Å². The van der Waals surface area contributed by atoms with E-state index in [2.05, 4.69) is 44.3 Å². The summed E-state index contributed by atoms with van der Waals surface area (Å²) in [6.45, 7) is 8.39. The van der Waals surface area contributed by atoms with Crippen molar-refractivity contribution >= 4 is 23.5 Å². The van der Waals surface area contributed by atoms with Gasteiger partial charge in [-0.25, -0.2) is 0 Å². The van der Waals surface area contributed by atoms with Gasteiger partial charge in [0.2, 0.25) is 17.2 Å². The third-order valence-electron chi connectivity index (χ3n) is 2.66. The van der Waals surface area contributed by atoms with E-state index in [0.717, 1.165) is 32.6 Å². The van der Waals surface area contributed by atoms with Crippen LogP contribution in [0.1, 0.15) is 20.3 Å². The van der Waals surface area contributed by atoms with Crippen LogP contribution in [0.4, 0.5) is 11.9 Å². The van der Waals surface area contributed by atoms with Gasteiger partial charge in [0.1, 0.15) is 0 Å². The zero-order chi connectivity index (χ0) is 13.4. The molecule has 18 heavy (non-hydrogen) atoms. The molecule has 0 bridgehead atoms. The highest BCUT2D eigenvalue weighted by atomic mass is 35.5. The number of hydrogen-bond acceptors (Lipinski definition) is 6. The van der Waals surface area contributed by atoms with E-state index in [9.17, 15) is 0 Å². The summed E-state index contributed by atoms with van der Waals surface area (Å²) in [6.07, 6.45) is 1.04. The Bertz CT molecular complexity index is 355. The molecule has 6 nitrogen and oxygen atoms in total. The molecule has 0 aliphatic rings. The Morgan fingerprint density at radius 1 is 1.11 bits per heavy atom. The fourth-order valence-electron chi connectivity index (χ4n) is 1.58. The summed E-state index contributed by atoms with van der Waals surface area (Å²) in [7, 11) is 1.75. The third-order valence-corrected chi connectivity index (χ3v) is 2.83. The predicted molar refractivity (Wildman–Crippen MR) is 75.3 cm³/mol. The van der Waals surface area contributed by atoms with E-state index in [1.165, 1.54) is 0 Å². The average Bonchev–Trinajstić information content (AvgIpc) is 2.38. The Morgan fingerprint density at radius 2 is 1.78 bits per heavy atom. The highest BCUT2D eigenvalue weighted by Gasteiger charge is 2.03. The molecule has 0 saturated carbocycles. The Balaban J connectivity index is 2.37. The Morgan fingerprint density at radius 3 is 2.39 bits per heavy atom. The maximum absolute atomic E-state index is 5.79. The third kappa shape index (κ3) is 5.01. The highest BCUT2D eigenvalue weighted by molar-refractivity contribution is 6.28. The number of halogens is 1. The maximum atomic E-state index is 5.79. The molecule has 0 aliphatic carbocycles. The quantitative estimate of drug-likeness (QED) is 0.703. The Kier molecular flexibility index (Phi) is 6.67. The van der Waals surface area contributed by atoms with Crippen molar-refractivity contribution in [2.45, 2.75) is 20.3 Å². The maximum Gasteiger partial charge on any atom is 0.228 e. The van der Waals surface area contributed by atoms with Crippen molar-refractivity contribution in [1.29, 1.82) is 0 Å². The van der Waals surface area contributed by atoms with Gasteiger partial charge in [-0.2, -0.15) is 15.0 Å². The van der Waals surface area contributed by atoms with Crippen LogP contribution in [0.25, 0.3) is 0 Å². The Hall–Kier alpha value is -1.14. The van der Waals surface area contributed by atoms with E-state index in [0.29, 0.717) is 11.9 Å². The van der Waals surface area contributed by atoms with Gasteiger partial charge in [0.25, 0.3) is 0 Å². The van der Waals surface area contributed by atoms with Gasteiger partial charge in [0, 0.05) is 13.6 Å². The topological polar surface area (TPSA) is 66.0 Å². The minimum atomic E-state index is 0.195. The number of nitrogens with one attached hydrogen (secondary N) is 2. The van der Waals surface area contributed by atoms with Gasteiger partial charge in [-0.05, 0) is 37.7 Å². The van der Waals surface area contributed by atoms with Crippen LogP contribution in [0.3, 0.4) is 0 Å². The van der Waals surface area contributed by atoms with Crippen LogP contribution >= 0.6 is 11.6 Å². The zero-order valence-corrected chi connectivity index (χ0v) is 12.0. The van der Waals surface area contributed by atoms with Gasteiger partial charge in [-0.1, -0.05) is 13.8 Å². The molecule has 0 amide bonds. The van der Waals surface area contributed by atoms with Gasteiger partial charge in [0.15, 0.2) is 0 Å². The zero-order valence-electron chi connectivity index (χ0n) is 11.2. The summed E-state index contributed by atoms with van der Waals surface area (Å²) in [6, 6.07) is 0. The second kappa shape index (κ2) is 8.05. The standard InChI is InChI=1S/C11H21ClN6/c1-4-18(5-2)8-6-7-14-11-16-9(12)15-10(13-3)17-11/h4-8H2,1-3H3,(H2,13,14,15,16,17). The van der Waals surface area contributed by atoms with Crippen molar-refractivity contribution in [3.05, 3.63) is 5.28 Å². The summed E-state index contributed by atoms with van der Waals surface area (Å²) in [5, 5.41) is 6.19. The fourth-order valence-corrected chi connectivity index (χ4v) is 1.74. The van der Waals surface area contributed by atoms with Crippen LogP contribution in [-0.2, 0) is 0 Å². The molecule has 1 rings (SSSR count).